The molecule has 6 heteroatoms. The van der Waals surface area contributed by atoms with Gasteiger partial charge < -0.3 is 20.5 Å². The molecule has 0 heterocycles. The van der Waals surface area contributed by atoms with Crippen LogP contribution in [0.2, 0.25) is 0 Å². The number of carbonyl (C=O) groups is 2. The van der Waals surface area contributed by atoms with Crippen LogP contribution in [0.15, 0.2) is 60.7 Å². The minimum Gasteiger partial charge on any atom is -0.504 e. The summed E-state index contributed by atoms with van der Waals surface area (Å²) in [5, 5.41) is 17.2. The molecule has 3 aromatic carbocycles. The van der Waals surface area contributed by atoms with Crippen molar-refractivity contribution in [2.75, 3.05) is 13.7 Å². The summed E-state index contributed by atoms with van der Waals surface area (Å²) in [7, 11) is 1.47. The second-order valence-corrected chi connectivity index (χ2v) is 6.37. The number of aromatic hydroxyl groups is 1. The van der Waals surface area contributed by atoms with Crippen LogP contribution in [0.1, 0.15) is 11.1 Å². The maximum Gasteiger partial charge on any atom is 0.239 e. The van der Waals surface area contributed by atoms with Crippen LogP contribution in [0.25, 0.3) is 10.8 Å². The number of benzene rings is 3. The van der Waals surface area contributed by atoms with Gasteiger partial charge in [0.05, 0.1) is 20.1 Å². The van der Waals surface area contributed by atoms with E-state index >= 15 is 0 Å². The Hall–Kier alpha value is -3.54. The third kappa shape index (κ3) is 4.79. The molecule has 0 aliphatic heterocycles. The van der Waals surface area contributed by atoms with E-state index in [4.69, 9.17) is 4.74 Å². The van der Waals surface area contributed by atoms with Crippen molar-refractivity contribution < 1.29 is 19.4 Å². The van der Waals surface area contributed by atoms with Gasteiger partial charge in [-0.05, 0) is 34.0 Å². The zero-order valence-electron chi connectivity index (χ0n) is 15.6. The summed E-state index contributed by atoms with van der Waals surface area (Å²) in [6.45, 7) is 0.140. The number of carbonyl (C=O) groups excluding carboxylic acids is 2. The van der Waals surface area contributed by atoms with E-state index < -0.39 is 0 Å². The molecule has 144 valence electrons. The average Bonchev–Trinajstić information content (AvgIpc) is 2.71. The Kier molecular flexibility index (Phi) is 6.11. The van der Waals surface area contributed by atoms with Crippen molar-refractivity contribution in [1.29, 1.82) is 0 Å². The van der Waals surface area contributed by atoms with Crippen molar-refractivity contribution >= 4 is 22.6 Å². The van der Waals surface area contributed by atoms with Gasteiger partial charge in [0.15, 0.2) is 11.5 Å². The molecule has 0 saturated heterocycles. The van der Waals surface area contributed by atoms with Gasteiger partial charge in [-0.15, -0.1) is 0 Å². The zero-order chi connectivity index (χ0) is 19.9. The van der Waals surface area contributed by atoms with E-state index in [0.717, 1.165) is 21.9 Å². The van der Waals surface area contributed by atoms with E-state index in [-0.39, 0.29) is 37.1 Å². The number of phenolic OH excluding ortho intramolecular Hbond substituents is 1. The Balaban J connectivity index is 1.49. The Morgan fingerprint density at radius 3 is 2.54 bits per heavy atom. The van der Waals surface area contributed by atoms with Gasteiger partial charge in [-0.1, -0.05) is 48.5 Å². The van der Waals surface area contributed by atoms with E-state index in [2.05, 4.69) is 10.6 Å². The molecule has 0 aromatic heterocycles. The maximum absolute atomic E-state index is 12.2. The molecule has 0 fully saturated rings. The van der Waals surface area contributed by atoms with Crippen LogP contribution < -0.4 is 15.4 Å². The number of hydrogen-bond acceptors (Lipinski definition) is 4. The van der Waals surface area contributed by atoms with Crippen molar-refractivity contribution in [3.05, 3.63) is 71.8 Å². The predicted molar refractivity (Wildman–Crippen MR) is 107 cm³/mol. The molecule has 6 nitrogen and oxygen atoms in total. The monoisotopic (exact) mass is 378 g/mol. The van der Waals surface area contributed by atoms with Crippen LogP contribution in [-0.4, -0.2) is 30.6 Å². The smallest absolute Gasteiger partial charge is 0.239 e. The zero-order valence-corrected chi connectivity index (χ0v) is 15.6. The second kappa shape index (κ2) is 8.90. The number of fused-ring (bicyclic) bond motifs is 1. The third-order valence-electron chi connectivity index (χ3n) is 4.41. The van der Waals surface area contributed by atoms with Crippen LogP contribution in [0, 0.1) is 0 Å². The molecule has 3 aromatic rings. The fourth-order valence-electron chi connectivity index (χ4n) is 2.97. The summed E-state index contributed by atoms with van der Waals surface area (Å²) in [5.74, 6) is -0.136. The van der Waals surface area contributed by atoms with Gasteiger partial charge in [0.1, 0.15) is 0 Å². The van der Waals surface area contributed by atoms with E-state index in [1.54, 1.807) is 12.1 Å². The van der Waals surface area contributed by atoms with Crippen molar-refractivity contribution in [3.63, 3.8) is 0 Å². The van der Waals surface area contributed by atoms with E-state index in [1.165, 1.54) is 13.2 Å². The second-order valence-electron chi connectivity index (χ2n) is 6.37. The Labute approximate surface area is 163 Å². The van der Waals surface area contributed by atoms with Gasteiger partial charge in [0.25, 0.3) is 0 Å². The molecule has 0 radical (unpaired) electrons. The molecule has 3 rings (SSSR count). The van der Waals surface area contributed by atoms with Gasteiger partial charge in [0.2, 0.25) is 11.8 Å². The minimum absolute atomic E-state index is 0.0117. The number of rotatable bonds is 7. The highest BCUT2D eigenvalue weighted by molar-refractivity contribution is 5.91. The van der Waals surface area contributed by atoms with Crippen molar-refractivity contribution in [2.24, 2.45) is 0 Å². The predicted octanol–water partition coefficient (Wildman–Crippen LogP) is 2.53. The summed E-state index contributed by atoms with van der Waals surface area (Å²) in [4.78, 5) is 24.2. The fraction of sp³-hybridized carbons (Fsp3) is 0.182. The number of ether oxygens (including phenoxy) is 1. The first-order valence-electron chi connectivity index (χ1n) is 8.92. The van der Waals surface area contributed by atoms with Crippen LogP contribution in [0.4, 0.5) is 0 Å². The van der Waals surface area contributed by atoms with Crippen molar-refractivity contribution in [2.45, 2.75) is 13.0 Å². The maximum atomic E-state index is 12.2. The number of amides is 2. The molecule has 2 amide bonds. The topological polar surface area (TPSA) is 87.7 Å². The standard InChI is InChI=1S/C22H22N2O4/c1-28-20-10-9-15(11-19(20)25)13-23-22(27)14-24-21(26)12-17-7-4-6-16-5-2-3-8-18(16)17/h2-11,25H,12-14H2,1H3,(H,23,27)(H,24,26). The molecule has 0 saturated carbocycles. The fourth-order valence-corrected chi connectivity index (χ4v) is 2.97. The first-order chi connectivity index (χ1) is 13.6. The largest absolute Gasteiger partial charge is 0.504 e. The van der Waals surface area contributed by atoms with Crippen molar-refractivity contribution in [3.8, 4) is 11.5 Å². The molecule has 3 N–H and O–H groups in total. The lowest BCUT2D eigenvalue weighted by atomic mass is 10.0. The molecule has 0 spiro atoms. The van der Waals surface area contributed by atoms with Gasteiger partial charge >= 0.3 is 0 Å². The van der Waals surface area contributed by atoms with Gasteiger partial charge in [-0.25, -0.2) is 0 Å². The van der Waals surface area contributed by atoms with Gasteiger partial charge in [-0.3, -0.25) is 9.59 Å². The summed E-state index contributed by atoms with van der Waals surface area (Å²) >= 11 is 0. The number of nitrogens with one attached hydrogen (secondary N) is 2. The highest BCUT2D eigenvalue weighted by Crippen LogP contribution is 2.26. The molecular formula is C22H22N2O4. The highest BCUT2D eigenvalue weighted by Gasteiger charge is 2.09. The van der Waals surface area contributed by atoms with E-state index in [0.29, 0.717) is 5.75 Å². The molecule has 0 unspecified atom stereocenters. The summed E-state index contributed by atoms with van der Waals surface area (Å²) < 4.78 is 4.98. The van der Waals surface area contributed by atoms with Crippen molar-refractivity contribution in [1.82, 2.24) is 10.6 Å². The van der Waals surface area contributed by atoms with Gasteiger partial charge in [-0.2, -0.15) is 0 Å². The molecular weight excluding hydrogens is 356 g/mol. The first-order valence-corrected chi connectivity index (χ1v) is 8.92. The molecule has 0 aliphatic rings. The molecule has 0 atom stereocenters. The Morgan fingerprint density at radius 1 is 0.964 bits per heavy atom. The number of phenols is 1. The highest BCUT2D eigenvalue weighted by atomic mass is 16.5. The molecule has 0 aliphatic carbocycles. The third-order valence-corrected chi connectivity index (χ3v) is 4.41. The van der Waals surface area contributed by atoms with Crippen LogP contribution in [0.5, 0.6) is 11.5 Å². The molecule has 0 bridgehead atoms. The lowest BCUT2D eigenvalue weighted by Crippen LogP contribution is -2.37. The van der Waals surface area contributed by atoms with E-state index in [9.17, 15) is 14.7 Å². The quantitative estimate of drug-likeness (QED) is 0.590. The SMILES string of the molecule is COc1ccc(CNC(=O)CNC(=O)Cc2cccc3ccccc23)cc1O. The van der Waals surface area contributed by atoms with Crippen LogP contribution in [-0.2, 0) is 22.6 Å². The lowest BCUT2D eigenvalue weighted by Gasteiger charge is -2.10. The summed E-state index contributed by atoms with van der Waals surface area (Å²) in [5.41, 5.74) is 1.65. The Morgan fingerprint density at radius 2 is 1.75 bits per heavy atom. The first kappa shape index (κ1) is 19.2. The minimum atomic E-state index is -0.304. The van der Waals surface area contributed by atoms with Gasteiger partial charge in [0, 0.05) is 6.54 Å². The summed E-state index contributed by atoms with van der Waals surface area (Å²) in [6, 6.07) is 18.6. The van der Waals surface area contributed by atoms with Crippen LogP contribution >= 0.6 is 0 Å². The summed E-state index contributed by atoms with van der Waals surface area (Å²) in [6.07, 6.45) is 0.209. The van der Waals surface area contributed by atoms with E-state index in [1.807, 2.05) is 42.5 Å². The number of methoxy groups -OCH3 is 1. The molecule has 28 heavy (non-hydrogen) atoms. The number of hydrogen-bond donors (Lipinski definition) is 3. The lowest BCUT2D eigenvalue weighted by molar-refractivity contribution is -0.125. The normalized spacial score (nSPS) is 10.5. The van der Waals surface area contributed by atoms with Crippen LogP contribution in [0.3, 0.4) is 0 Å². The average molecular weight is 378 g/mol. The Bertz CT molecular complexity index is 995.